The second kappa shape index (κ2) is 15.7. The molecule has 20 heavy (non-hydrogen) atoms. The summed E-state index contributed by atoms with van der Waals surface area (Å²) in [6, 6.07) is 5.72. The van der Waals surface area contributed by atoms with Crippen LogP contribution >= 0.6 is 0 Å². The first-order chi connectivity index (χ1) is 9.77. The van der Waals surface area contributed by atoms with Crippen LogP contribution in [0.1, 0.15) is 71.1 Å². The van der Waals surface area contributed by atoms with Crippen LogP contribution in [-0.4, -0.2) is 16.1 Å². The van der Waals surface area contributed by atoms with Crippen molar-refractivity contribution in [1.29, 1.82) is 0 Å². The number of hydrogen-bond acceptors (Lipinski definition) is 2. The molecule has 0 amide bonds. The summed E-state index contributed by atoms with van der Waals surface area (Å²) >= 11 is 0. The van der Waals surface area contributed by atoms with Crippen LogP contribution in [0.2, 0.25) is 0 Å². The molecule has 0 unspecified atom stereocenters. The Morgan fingerprint density at radius 1 is 0.850 bits per heavy atom. The van der Waals surface area contributed by atoms with Crippen LogP contribution in [0.3, 0.4) is 0 Å². The molecular weight excluding hydrogens is 250 g/mol. The summed E-state index contributed by atoms with van der Waals surface area (Å²) in [6.07, 6.45) is 15.0. The van der Waals surface area contributed by atoms with Crippen molar-refractivity contribution in [3.63, 3.8) is 0 Å². The highest BCUT2D eigenvalue weighted by molar-refractivity contribution is 5.66. The highest BCUT2D eigenvalue weighted by Gasteiger charge is 1.96. The third kappa shape index (κ3) is 16.6. The van der Waals surface area contributed by atoms with Gasteiger partial charge in [0.2, 0.25) is 0 Å². The molecule has 0 radical (unpaired) electrons. The summed E-state index contributed by atoms with van der Waals surface area (Å²) < 4.78 is 0. The molecule has 0 saturated carbocycles. The van der Waals surface area contributed by atoms with Gasteiger partial charge in [-0.2, -0.15) is 0 Å². The number of pyridine rings is 1. The van der Waals surface area contributed by atoms with E-state index in [9.17, 15) is 4.79 Å². The summed E-state index contributed by atoms with van der Waals surface area (Å²) in [5, 5.41) is 8.41. The third-order valence-corrected chi connectivity index (χ3v) is 3.06. The lowest BCUT2D eigenvalue weighted by Gasteiger charge is -2.00. The molecule has 0 aliphatic heterocycles. The van der Waals surface area contributed by atoms with Gasteiger partial charge in [-0.05, 0) is 18.6 Å². The normalized spacial score (nSPS) is 9.65. The molecule has 0 aromatic carbocycles. The van der Waals surface area contributed by atoms with Crippen LogP contribution in [0.5, 0.6) is 0 Å². The maximum Gasteiger partial charge on any atom is 0.303 e. The van der Waals surface area contributed by atoms with E-state index in [1.54, 1.807) is 12.4 Å². The fraction of sp³-hybridized carbons (Fsp3) is 0.647. The molecule has 114 valence electrons. The van der Waals surface area contributed by atoms with E-state index in [-0.39, 0.29) is 0 Å². The maximum atomic E-state index is 10.2. The molecule has 0 bridgehead atoms. The van der Waals surface area contributed by atoms with Gasteiger partial charge in [-0.15, -0.1) is 0 Å². The van der Waals surface area contributed by atoms with Gasteiger partial charge in [0.05, 0.1) is 0 Å². The van der Waals surface area contributed by atoms with Crippen molar-refractivity contribution in [3.05, 3.63) is 30.6 Å². The quantitative estimate of drug-likeness (QED) is 0.608. The molecule has 0 aliphatic rings. The smallest absolute Gasteiger partial charge is 0.303 e. The molecule has 1 aromatic rings. The van der Waals surface area contributed by atoms with Gasteiger partial charge in [0.15, 0.2) is 0 Å². The van der Waals surface area contributed by atoms with Crippen LogP contribution < -0.4 is 0 Å². The first kappa shape index (κ1) is 18.6. The van der Waals surface area contributed by atoms with Crippen LogP contribution in [0.15, 0.2) is 30.6 Å². The zero-order valence-corrected chi connectivity index (χ0v) is 12.8. The van der Waals surface area contributed by atoms with Crippen molar-refractivity contribution in [3.8, 4) is 0 Å². The van der Waals surface area contributed by atoms with Gasteiger partial charge >= 0.3 is 5.97 Å². The molecule has 1 N–H and O–H groups in total. The molecule has 0 saturated heterocycles. The van der Waals surface area contributed by atoms with E-state index in [2.05, 4.69) is 11.9 Å². The lowest BCUT2D eigenvalue weighted by Crippen LogP contribution is -1.93. The molecule has 0 spiro atoms. The van der Waals surface area contributed by atoms with Crippen molar-refractivity contribution in [1.82, 2.24) is 4.98 Å². The number of carboxylic acids is 1. The van der Waals surface area contributed by atoms with E-state index < -0.39 is 5.97 Å². The predicted octanol–water partition coefficient (Wildman–Crippen LogP) is 5.07. The van der Waals surface area contributed by atoms with Gasteiger partial charge in [-0.25, -0.2) is 0 Å². The lowest BCUT2D eigenvalue weighted by atomic mass is 10.1. The first-order valence-electron chi connectivity index (χ1n) is 7.84. The Balaban J connectivity index is 0.000000493. The largest absolute Gasteiger partial charge is 0.481 e. The number of unbranched alkanes of at least 4 members (excludes halogenated alkanes) is 8. The zero-order chi connectivity index (χ0) is 14.9. The Morgan fingerprint density at radius 2 is 1.35 bits per heavy atom. The first-order valence-corrected chi connectivity index (χ1v) is 7.84. The monoisotopic (exact) mass is 279 g/mol. The average Bonchev–Trinajstić information content (AvgIpc) is 2.48. The lowest BCUT2D eigenvalue weighted by molar-refractivity contribution is -0.137. The van der Waals surface area contributed by atoms with Crippen LogP contribution in [0.4, 0.5) is 0 Å². The SMILES string of the molecule is CCCCCCCCCCCC(=O)O.c1ccncc1. The number of rotatable bonds is 10. The second-order valence-corrected chi connectivity index (χ2v) is 5.00. The average molecular weight is 279 g/mol. The van der Waals surface area contributed by atoms with Gasteiger partial charge in [0, 0.05) is 18.8 Å². The molecule has 3 heteroatoms. The van der Waals surface area contributed by atoms with E-state index in [0.717, 1.165) is 12.8 Å². The van der Waals surface area contributed by atoms with Gasteiger partial charge in [-0.1, -0.05) is 64.4 Å². The van der Waals surface area contributed by atoms with E-state index >= 15 is 0 Å². The van der Waals surface area contributed by atoms with Crippen LogP contribution in [-0.2, 0) is 4.79 Å². The molecule has 1 aromatic heterocycles. The summed E-state index contributed by atoms with van der Waals surface area (Å²) in [7, 11) is 0. The van der Waals surface area contributed by atoms with Gasteiger partial charge in [0.1, 0.15) is 0 Å². The minimum Gasteiger partial charge on any atom is -0.481 e. The van der Waals surface area contributed by atoms with Crippen molar-refractivity contribution in [2.75, 3.05) is 0 Å². The number of carbonyl (C=O) groups is 1. The minimum absolute atomic E-state index is 0.343. The van der Waals surface area contributed by atoms with Crippen molar-refractivity contribution >= 4 is 5.97 Å². The summed E-state index contributed by atoms with van der Waals surface area (Å²) in [6.45, 7) is 2.23. The van der Waals surface area contributed by atoms with E-state index in [4.69, 9.17) is 5.11 Å². The van der Waals surface area contributed by atoms with Crippen LogP contribution in [0.25, 0.3) is 0 Å². The van der Waals surface area contributed by atoms with Crippen molar-refractivity contribution in [2.24, 2.45) is 0 Å². The van der Waals surface area contributed by atoms with E-state index in [1.807, 2.05) is 18.2 Å². The molecule has 0 fully saturated rings. The summed E-state index contributed by atoms with van der Waals surface area (Å²) in [5.41, 5.74) is 0. The molecule has 0 aliphatic carbocycles. The number of carboxylic acid groups (broad SMARTS) is 1. The predicted molar refractivity (Wildman–Crippen MR) is 83.7 cm³/mol. The molecule has 3 nitrogen and oxygen atoms in total. The Kier molecular flexibility index (Phi) is 14.6. The Hall–Kier alpha value is -1.38. The van der Waals surface area contributed by atoms with Crippen LogP contribution in [0, 0.1) is 0 Å². The molecular formula is C17H29NO2. The zero-order valence-electron chi connectivity index (χ0n) is 12.8. The van der Waals surface area contributed by atoms with E-state index in [1.165, 1.54) is 44.9 Å². The summed E-state index contributed by atoms with van der Waals surface area (Å²) in [5.74, 6) is -0.659. The number of hydrogen-bond donors (Lipinski definition) is 1. The summed E-state index contributed by atoms with van der Waals surface area (Å²) in [4.78, 5) is 14.0. The van der Waals surface area contributed by atoms with Gasteiger partial charge in [-0.3, -0.25) is 9.78 Å². The Bertz CT molecular complexity index is 274. The topological polar surface area (TPSA) is 50.2 Å². The van der Waals surface area contributed by atoms with Gasteiger partial charge < -0.3 is 5.11 Å². The number of aliphatic carboxylic acids is 1. The molecule has 1 rings (SSSR count). The minimum atomic E-state index is -0.659. The van der Waals surface area contributed by atoms with Crippen molar-refractivity contribution < 1.29 is 9.90 Å². The third-order valence-electron chi connectivity index (χ3n) is 3.06. The molecule has 1 heterocycles. The van der Waals surface area contributed by atoms with E-state index in [0.29, 0.717) is 6.42 Å². The standard InChI is InChI=1S/C12H24O2.C5H5N/c1-2-3-4-5-6-7-8-9-10-11-12(13)14;1-2-4-6-5-3-1/h2-11H2,1H3,(H,13,14);1-5H. The number of aromatic nitrogens is 1. The Labute approximate surface area is 123 Å². The highest BCUT2D eigenvalue weighted by atomic mass is 16.4. The fourth-order valence-corrected chi connectivity index (χ4v) is 1.90. The molecule has 0 atom stereocenters. The highest BCUT2D eigenvalue weighted by Crippen LogP contribution is 2.10. The Morgan fingerprint density at radius 3 is 1.70 bits per heavy atom. The number of nitrogens with zero attached hydrogens (tertiary/aromatic N) is 1. The maximum absolute atomic E-state index is 10.2. The fourth-order valence-electron chi connectivity index (χ4n) is 1.90. The van der Waals surface area contributed by atoms with Crippen molar-refractivity contribution in [2.45, 2.75) is 71.1 Å². The second-order valence-electron chi connectivity index (χ2n) is 5.00. The van der Waals surface area contributed by atoms with Gasteiger partial charge in [0.25, 0.3) is 0 Å².